The van der Waals surface area contributed by atoms with Crippen LogP contribution in [0.5, 0.6) is 0 Å². The lowest BCUT2D eigenvalue weighted by molar-refractivity contribution is 0.716. The lowest BCUT2D eigenvalue weighted by atomic mass is 10.1. The molecular weight excluding hydrogens is 303 g/mol. The van der Waals surface area contributed by atoms with E-state index in [1.165, 1.54) is 5.69 Å². The fraction of sp³-hybridized carbons (Fsp3) is 0.294. The summed E-state index contributed by atoms with van der Waals surface area (Å²) < 4.78 is 0. The fourth-order valence-corrected chi connectivity index (χ4v) is 2.77. The van der Waals surface area contributed by atoms with Gasteiger partial charge in [-0.05, 0) is 36.2 Å². The molecule has 112 valence electrons. The molecular formula is C17H20Cl2N2. The highest BCUT2D eigenvalue weighted by atomic mass is 35.5. The molecule has 0 spiro atoms. The van der Waals surface area contributed by atoms with Crippen molar-refractivity contribution in [2.75, 3.05) is 17.2 Å². The molecule has 4 heteroatoms. The maximum absolute atomic E-state index is 6.12. The van der Waals surface area contributed by atoms with E-state index in [0.717, 1.165) is 31.5 Å². The van der Waals surface area contributed by atoms with Gasteiger partial charge in [0.15, 0.2) is 0 Å². The second kappa shape index (κ2) is 7.58. The SMILES string of the molecule is CCCCN(Cc1cc(Cl)c(N)c(Cl)c1)c1ccccc1. The van der Waals surface area contributed by atoms with Crippen molar-refractivity contribution in [1.82, 2.24) is 0 Å². The van der Waals surface area contributed by atoms with Gasteiger partial charge in [0.25, 0.3) is 0 Å². The van der Waals surface area contributed by atoms with Crippen LogP contribution in [0, 0.1) is 0 Å². The van der Waals surface area contributed by atoms with Crippen molar-refractivity contribution in [2.24, 2.45) is 0 Å². The molecule has 2 N–H and O–H groups in total. The minimum absolute atomic E-state index is 0.446. The average Bonchev–Trinajstić information content (AvgIpc) is 2.49. The lowest BCUT2D eigenvalue weighted by Gasteiger charge is -2.25. The quantitative estimate of drug-likeness (QED) is 0.723. The smallest absolute Gasteiger partial charge is 0.0693 e. The zero-order valence-electron chi connectivity index (χ0n) is 12.2. The Hall–Kier alpha value is -1.38. The molecule has 21 heavy (non-hydrogen) atoms. The second-order valence-corrected chi connectivity index (χ2v) is 5.90. The van der Waals surface area contributed by atoms with Crippen LogP contribution in [0.3, 0.4) is 0 Å². The van der Waals surface area contributed by atoms with Gasteiger partial charge in [0, 0.05) is 18.8 Å². The summed E-state index contributed by atoms with van der Waals surface area (Å²) in [5, 5.41) is 1.03. The van der Waals surface area contributed by atoms with Crippen molar-refractivity contribution in [3.63, 3.8) is 0 Å². The molecule has 2 rings (SSSR count). The third-order valence-corrected chi connectivity index (χ3v) is 4.04. The highest BCUT2D eigenvalue weighted by Crippen LogP contribution is 2.30. The van der Waals surface area contributed by atoms with Gasteiger partial charge in [-0.25, -0.2) is 0 Å². The Kier molecular flexibility index (Phi) is 5.77. The minimum Gasteiger partial charge on any atom is -0.396 e. The van der Waals surface area contributed by atoms with Gasteiger partial charge in [0.2, 0.25) is 0 Å². The van der Waals surface area contributed by atoms with E-state index in [-0.39, 0.29) is 0 Å². The Balaban J connectivity index is 2.23. The van der Waals surface area contributed by atoms with Crippen LogP contribution >= 0.6 is 23.2 Å². The molecule has 0 saturated carbocycles. The molecule has 0 fully saturated rings. The first kappa shape index (κ1) is 16.0. The largest absolute Gasteiger partial charge is 0.396 e. The van der Waals surface area contributed by atoms with Crippen molar-refractivity contribution in [1.29, 1.82) is 0 Å². The molecule has 0 radical (unpaired) electrons. The molecule has 0 aliphatic heterocycles. The molecule has 2 aromatic rings. The van der Waals surface area contributed by atoms with Gasteiger partial charge in [0.05, 0.1) is 15.7 Å². The summed E-state index contributed by atoms with van der Waals surface area (Å²) >= 11 is 12.2. The summed E-state index contributed by atoms with van der Waals surface area (Å²) in [6.07, 6.45) is 2.30. The molecule has 0 aliphatic carbocycles. The summed E-state index contributed by atoms with van der Waals surface area (Å²) in [4.78, 5) is 2.34. The molecule has 2 nitrogen and oxygen atoms in total. The monoisotopic (exact) mass is 322 g/mol. The van der Waals surface area contributed by atoms with Gasteiger partial charge in [-0.15, -0.1) is 0 Å². The molecule has 0 saturated heterocycles. The van der Waals surface area contributed by atoms with Gasteiger partial charge in [0.1, 0.15) is 0 Å². The minimum atomic E-state index is 0.446. The summed E-state index contributed by atoms with van der Waals surface area (Å²) in [7, 11) is 0. The van der Waals surface area contributed by atoms with Crippen LogP contribution < -0.4 is 10.6 Å². The molecule has 0 amide bonds. The van der Waals surface area contributed by atoms with E-state index in [0.29, 0.717) is 15.7 Å². The van der Waals surface area contributed by atoms with Crippen LogP contribution in [0.25, 0.3) is 0 Å². The van der Waals surface area contributed by atoms with E-state index in [1.807, 2.05) is 18.2 Å². The van der Waals surface area contributed by atoms with E-state index < -0.39 is 0 Å². The Bertz CT molecular complexity index is 562. The third kappa shape index (κ3) is 4.29. The van der Waals surface area contributed by atoms with Crippen LogP contribution in [0.2, 0.25) is 10.0 Å². The van der Waals surface area contributed by atoms with E-state index in [4.69, 9.17) is 28.9 Å². The summed E-state index contributed by atoms with van der Waals surface area (Å²) in [6.45, 7) is 3.96. The fourth-order valence-electron chi connectivity index (χ4n) is 2.24. The summed E-state index contributed by atoms with van der Waals surface area (Å²) in [5.41, 5.74) is 8.51. The Labute approximate surface area is 136 Å². The maximum atomic E-state index is 6.12. The normalized spacial score (nSPS) is 10.6. The number of benzene rings is 2. The number of hydrogen-bond acceptors (Lipinski definition) is 2. The molecule has 0 aromatic heterocycles. The number of rotatable bonds is 6. The van der Waals surface area contributed by atoms with Gasteiger partial charge in [-0.3, -0.25) is 0 Å². The van der Waals surface area contributed by atoms with Gasteiger partial charge in [-0.2, -0.15) is 0 Å². The number of anilines is 2. The first-order chi connectivity index (χ1) is 10.1. The maximum Gasteiger partial charge on any atom is 0.0693 e. The molecule has 2 aromatic carbocycles. The number of halogens is 2. The molecule has 0 aliphatic rings. The van der Waals surface area contributed by atoms with Gasteiger partial charge < -0.3 is 10.6 Å². The molecule has 0 heterocycles. The van der Waals surface area contributed by atoms with Crippen molar-refractivity contribution in [3.8, 4) is 0 Å². The Morgan fingerprint density at radius 2 is 1.67 bits per heavy atom. The molecule has 0 unspecified atom stereocenters. The first-order valence-corrected chi connectivity index (χ1v) is 7.90. The van der Waals surface area contributed by atoms with Crippen molar-refractivity contribution in [3.05, 3.63) is 58.1 Å². The zero-order valence-corrected chi connectivity index (χ0v) is 13.7. The average molecular weight is 323 g/mol. The second-order valence-electron chi connectivity index (χ2n) is 5.08. The topological polar surface area (TPSA) is 29.3 Å². The van der Waals surface area contributed by atoms with Gasteiger partial charge in [-0.1, -0.05) is 54.7 Å². The van der Waals surface area contributed by atoms with Crippen molar-refractivity contribution < 1.29 is 0 Å². The van der Waals surface area contributed by atoms with Crippen LogP contribution in [0.15, 0.2) is 42.5 Å². The Morgan fingerprint density at radius 3 is 2.24 bits per heavy atom. The van der Waals surface area contributed by atoms with Crippen LogP contribution in [-0.2, 0) is 6.54 Å². The van der Waals surface area contributed by atoms with Crippen molar-refractivity contribution >= 4 is 34.6 Å². The van der Waals surface area contributed by atoms with Crippen LogP contribution in [0.4, 0.5) is 11.4 Å². The van der Waals surface area contributed by atoms with E-state index in [9.17, 15) is 0 Å². The highest BCUT2D eigenvalue weighted by molar-refractivity contribution is 6.38. The third-order valence-electron chi connectivity index (χ3n) is 3.42. The van der Waals surface area contributed by atoms with Crippen LogP contribution in [-0.4, -0.2) is 6.54 Å². The van der Waals surface area contributed by atoms with Gasteiger partial charge >= 0.3 is 0 Å². The Morgan fingerprint density at radius 1 is 1.05 bits per heavy atom. The summed E-state index contributed by atoms with van der Waals surface area (Å²) in [5.74, 6) is 0. The number of nitrogen functional groups attached to an aromatic ring is 1. The number of hydrogen-bond donors (Lipinski definition) is 1. The van der Waals surface area contributed by atoms with Crippen molar-refractivity contribution in [2.45, 2.75) is 26.3 Å². The lowest BCUT2D eigenvalue weighted by Crippen LogP contribution is -2.23. The van der Waals surface area contributed by atoms with Crippen LogP contribution in [0.1, 0.15) is 25.3 Å². The highest BCUT2D eigenvalue weighted by Gasteiger charge is 2.10. The molecule has 0 bridgehead atoms. The number of nitrogens with two attached hydrogens (primary N) is 1. The summed E-state index contributed by atoms with van der Waals surface area (Å²) in [6, 6.07) is 14.2. The first-order valence-electron chi connectivity index (χ1n) is 7.15. The standard InChI is InChI=1S/C17H20Cl2N2/c1-2-3-9-21(14-7-5-4-6-8-14)12-13-10-15(18)17(20)16(19)11-13/h4-8,10-11H,2-3,9,12,20H2,1H3. The van der Waals surface area contributed by atoms with E-state index in [2.05, 4.69) is 36.1 Å². The predicted molar refractivity (Wildman–Crippen MR) is 93.3 cm³/mol. The predicted octanol–water partition coefficient (Wildman–Crippen LogP) is 5.38. The zero-order chi connectivity index (χ0) is 15.2. The molecule has 0 atom stereocenters. The number of para-hydroxylation sites is 1. The van der Waals surface area contributed by atoms with E-state index in [1.54, 1.807) is 0 Å². The number of nitrogens with zero attached hydrogens (tertiary/aromatic N) is 1. The van der Waals surface area contributed by atoms with E-state index >= 15 is 0 Å². The number of unbranched alkanes of at least 4 members (excludes halogenated alkanes) is 1.